The van der Waals surface area contributed by atoms with Crippen LogP contribution in [-0.2, 0) is 4.79 Å². The number of hydrogen-bond acceptors (Lipinski definition) is 1. The Kier molecular flexibility index (Phi) is 4.59. The van der Waals surface area contributed by atoms with E-state index in [1.165, 1.54) is 0 Å². The van der Waals surface area contributed by atoms with Gasteiger partial charge in [-0.25, -0.2) is 0 Å². The number of rotatable bonds is 4. The molecule has 0 aromatic rings. The maximum atomic E-state index is 10.6. The first-order chi connectivity index (χ1) is 5.07. The fourth-order valence-corrected chi connectivity index (χ4v) is 1.05. The molecule has 0 saturated heterocycles. The van der Waals surface area contributed by atoms with Gasteiger partial charge in [0.1, 0.15) is 0 Å². The van der Waals surface area contributed by atoms with Gasteiger partial charge in [-0.15, -0.1) is 0 Å². The molecule has 2 heteroatoms. The molecule has 1 amide bonds. The number of primary amides is 1. The minimum absolute atomic E-state index is 0.312. The van der Waals surface area contributed by atoms with Crippen LogP contribution in [0, 0.1) is 5.92 Å². The predicted molar refractivity (Wildman–Crippen MR) is 47.0 cm³/mol. The average Bonchev–Trinajstić information content (AvgIpc) is 1.87. The van der Waals surface area contributed by atoms with Gasteiger partial charge >= 0.3 is 0 Å². The molecule has 1 atom stereocenters. The molecule has 64 valence electrons. The summed E-state index contributed by atoms with van der Waals surface area (Å²) in [6.45, 7) is 5.98. The quantitative estimate of drug-likeness (QED) is 0.618. The smallest absolute Gasteiger partial charge is 0.244 e. The van der Waals surface area contributed by atoms with Gasteiger partial charge in [0.05, 0.1) is 0 Å². The van der Waals surface area contributed by atoms with Crippen molar-refractivity contribution in [3.05, 3.63) is 11.6 Å². The van der Waals surface area contributed by atoms with Crippen LogP contribution >= 0.6 is 0 Å². The summed E-state index contributed by atoms with van der Waals surface area (Å²) < 4.78 is 0. The lowest BCUT2D eigenvalue weighted by atomic mass is 10.0. The second-order valence-corrected chi connectivity index (χ2v) is 2.98. The van der Waals surface area contributed by atoms with Crippen LogP contribution in [-0.4, -0.2) is 5.91 Å². The van der Waals surface area contributed by atoms with Crippen molar-refractivity contribution in [2.24, 2.45) is 11.7 Å². The van der Waals surface area contributed by atoms with Crippen molar-refractivity contribution in [2.75, 3.05) is 0 Å². The molecule has 0 aliphatic carbocycles. The summed E-state index contributed by atoms with van der Waals surface area (Å²) in [5, 5.41) is 0. The van der Waals surface area contributed by atoms with Gasteiger partial charge in [-0.1, -0.05) is 26.3 Å². The van der Waals surface area contributed by atoms with E-state index in [0.717, 1.165) is 12.8 Å². The normalized spacial score (nSPS) is 14.6. The molecule has 0 aliphatic rings. The van der Waals surface area contributed by atoms with Crippen LogP contribution in [0.5, 0.6) is 0 Å². The Bertz CT molecular complexity index is 161. The summed E-state index contributed by atoms with van der Waals surface area (Å²) in [4.78, 5) is 10.6. The Hall–Kier alpha value is -0.790. The standard InChI is InChI=1S/C9H17NO/c1-4-5-7(2)6-8(3)9(10)11/h6-7H,4-5H2,1-3H3,(H2,10,11)/b8-6-. The van der Waals surface area contributed by atoms with Crippen LogP contribution in [0.15, 0.2) is 11.6 Å². The monoisotopic (exact) mass is 155 g/mol. The van der Waals surface area contributed by atoms with E-state index in [2.05, 4.69) is 13.8 Å². The molecule has 2 nitrogen and oxygen atoms in total. The maximum Gasteiger partial charge on any atom is 0.244 e. The molecule has 0 saturated carbocycles. The van der Waals surface area contributed by atoms with Gasteiger partial charge in [-0.3, -0.25) is 4.79 Å². The highest BCUT2D eigenvalue weighted by Gasteiger charge is 2.00. The van der Waals surface area contributed by atoms with Gasteiger partial charge in [-0.05, 0) is 19.3 Å². The molecule has 2 N–H and O–H groups in total. The summed E-state index contributed by atoms with van der Waals surface area (Å²) in [5.41, 5.74) is 5.75. The predicted octanol–water partition coefficient (Wildman–Crippen LogP) is 1.85. The SMILES string of the molecule is CCCC(C)/C=C(/C)C(N)=O. The van der Waals surface area contributed by atoms with Crippen LogP contribution < -0.4 is 5.73 Å². The third-order valence-corrected chi connectivity index (χ3v) is 1.67. The molecule has 0 aromatic carbocycles. The van der Waals surface area contributed by atoms with Crippen molar-refractivity contribution >= 4 is 5.91 Å². The largest absolute Gasteiger partial charge is 0.366 e. The second kappa shape index (κ2) is 4.94. The first kappa shape index (κ1) is 10.2. The molecular weight excluding hydrogens is 138 g/mol. The van der Waals surface area contributed by atoms with E-state index in [-0.39, 0.29) is 5.91 Å². The summed E-state index contributed by atoms with van der Waals surface area (Å²) >= 11 is 0. The highest BCUT2D eigenvalue weighted by atomic mass is 16.1. The summed E-state index contributed by atoms with van der Waals surface area (Å²) in [6.07, 6.45) is 4.19. The zero-order valence-corrected chi connectivity index (χ0v) is 7.55. The van der Waals surface area contributed by atoms with E-state index < -0.39 is 0 Å². The molecule has 0 spiro atoms. The number of amides is 1. The molecule has 0 fully saturated rings. The lowest BCUT2D eigenvalue weighted by Gasteiger charge is -2.03. The molecule has 0 bridgehead atoms. The molecule has 0 rings (SSSR count). The molecule has 0 heterocycles. The van der Waals surface area contributed by atoms with Crippen molar-refractivity contribution in [3.63, 3.8) is 0 Å². The lowest BCUT2D eigenvalue weighted by molar-refractivity contribution is -0.114. The molecule has 11 heavy (non-hydrogen) atoms. The summed E-state index contributed by atoms with van der Waals surface area (Å²) in [5.74, 6) is 0.153. The molecule has 0 aliphatic heterocycles. The number of carbonyl (C=O) groups is 1. The van der Waals surface area contributed by atoms with Gasteiger partial charge < -0.3 is 5.73 Å². The highest BCUT2D eigenvalue weighted by molar-refractivity contribution is 5.91. The maximum absolute atomic E-state index is 10.6. The Labute approximate surface area is 68.5 Å². The van der Waals surface area contributed by atoms with Crippen LogP contribution in [0.3, 0.4) is 0 Å². The fraction of sp³-hybridized carbons (Fsp3) is 0.667. The van der Waals surface area contributed by atoms with Gasteiger partial charge in [0.25, 0.3) is 0 Å². The number of carbonyl (C=O) groups excluding carboxylic acids is 1. The van der Waals surface area contributed by atoms with E-state index in [0.29, 0.717) is 11.5 Å². The van der Waals surface area contributed by atoms with Gasteiger partial charge in [0.15, 0.2) is 0 Å². The van der Waals surface area contributed by atoms with Crippen LogP contribution in [0.25, 0.3) is 0 Å². The molecular formula is C9H17NO. The Morgan fingerprint density at radius 3 is 2.55 bits per heavy atom. The van der Waals surface area contributed by atoms with E-state index >= 15 is 0 Å². The van der Waals surface area contributed by atoms with Crippen LogP contribution in [0.4, 0.5) is 0 Å². The van der Waals surface area contributed by atoms with Gasteiger partial charge in [0, 0.05) is 5.57 Å². The van der Waals surface area contributed by atoms with Crippen molar-refractivity contribution in [1.82, 2.24) is 0 Å². The fourth-order valence-electron chi connectivity index (χ4n) is 1.05. The highest BCUT2D eigenvalue weighted by Crippen LogP contribution is 2.08. The third-order valence-electron chi connectivity index (χ3n) is 1.67. The van der Waals surface area contributed by atoms with E-state index in [1.54, 1.807) is 6.92 Å². The third kappa shape index (κ3) is 4.59. The number of nitrogens with two attached hydrogens (primary N) is 1. The zero-order valence-electron chi connectivity index (χ0n) is 7.55. The van der Waals surface area contributed by atoms with Crippen molar-refractivity contribution in [2.45, 2.75) is 33.6 Å². The van der Waals surface area contributed by atoms with Crippen LogP contribution in [0.2, 0.25) is 0 Å². The summed E-state index contributed by atoms with van der Waals surface area (Å²) in [7, 11) is 0. The molecule has 0 radical (unpaired) electrons. The topological polar surface area (TPSA) is 43.1 Å². The Morgan fingerprint density at radius 1 is 1.64 bits per heavy atom. The minimum Gasteiger partial charge on any atom is -0.366 e. The Balaban J connectivity index is 3.96. The van der Waals surface area contributed by atoms with E-state index in [4.69, 9.17) is 5.73 Å². The van der Waals surface area contributed by atoms with Crippen molar-refractivity contribution < 1.29 is 4.79 Å². The zero-order chi connectivity index (χ0) is 8.85. The first-order valence-corrected chi connectivity index (χ1v) is 4.06. The van der Waals surface area contributed by atoms with Crippen molar-refractivity contribution in [3.8, 4) is 0 Å². The lowest BCUT2D eigenvalue weighted by Crippen LogP contribution is -2.12. The Morgan fingerprint density at radius 2 is 2.18 bits per heavy atom. The number of allylic oxidation sites excluding steroid dienone is 1. The molecule has 1 unspecified atom stereocenters. The van der Waals surface area contributed by atoms with Gasteiger partial charge in [0.2, 0.25) is 5.91 Å². The van der Waals surface area contributed by atoms with E-state index in [9.17, 15) is 4.79 Å². The van der Waals surface area contributed by atoms with Gasteiger partial charge in [-0.2, -0.15) is 0 Å². The van der Waals surface area contributed by atoms with Crippen LogP contribution in [0.1, 0.15) is 33.6 Å². The second-order valence-electron chi connectivity index (χ2n) is 2.98. The number of hydrogen-bond donors (Lipinski definition) is 1. The summed E-state index contributed by atoms with van der Waals surface area (Å²) in [6, 6.07) is 0. The van der Waals surface area contributed by atoms with E-state index in [1.807, 2.05) is 6.08 Å². The average molecular weight is 155 g/mol. The molecule has 0 aromatic heterocycles. The minimum atomic E-state index is -0.312. The first-order valence-electron chi connectivity index (χ1n) is 4.06. The van der Waals surface area contributed by atoms with Crippen molar-refractivity contribution in [1.29, 1.82) is 0 Å².